The lowest BCUT2D eigenvalue weighted by Crippen LogP contribution is -2.40. The first-order valence-corrected chi connectivity index (χ1v) is 13.3. The molecule has 1 amide bonds. The van der Waals surface area contributed by atoms with Crippen molar-refractivity contribution in [3.63, 3.8) is 0 Å². The lowest BCUT2D eigenvalue weighted by molar-refractivity contribution is 0.0646. The highest BCUT2D eigenvalue weighted by Gasteiger charge is 2.41. The molecule has 192 valence electrons. The summed E-state index contributed by atoms with van der Waals surface area (Å²) in [7, 11) is -4.23. The fraction of sp³-hybridized carbons (Fsp3) is 0.240. The zero-order chi connectivity index (χ0) is 26.6. The van der Waals surface area contributed by atoms with Gasteiger partial charge in [0.2, 0.25) is 3.79 Å². The topological polar surface area (TPSA) is 108 Å². The summed E-state index contributed by atoms with van der Waals surface area (Å²) in [6.45, 7) is 2.97. The van der Waals surface area contributed by atoms with Crippen LogP contribution < -0.4 is 11.1 Å². The first-order valence-electron chi connectivity index (χ1n) is 10.7. The molecular formula is C25H25Cl3N2O5S. The molecule has 0 aliphatic carbocycles. The summed E-state index contributed by atoms with van der Waals surface area (Å²) in [5.41, 5.74) is 7.30. The van der Waals surface area contributed by atoms with E-state index in [0.29, 0.717) is 16.8 Å². The standard InChI is InChI=1S/C25H25Cl3N2O5S/c1-17-11-13-21(14-12-17)36(32,33)35-24(2,22(29)18-7-4-3-5-8-18)19-9-6-10-20(15-19)30-23(31)34-16-25(26,27)28/h3-15,22H,16,29H2,1-2H3,(H,30,31). The molecule has 36 heavy (non-hydrogen) atoms. The van der Waals surface area contributed by atoms with Crippen LogP contribution in [0, 0.1) is 6.92 Å². The molecular weight excluding hydrogens is 547 g/mol. The number of benzene rings is 3. The molecule has 0 bridgehead atoms. The van der Waals surface area contributed by atoms with Crippen molar-refractivity contribution < 1.29 is 22.1 Å². The summed E-state index contributed by atoms with van der Waals surface area (Å²) in [6.07, 6.45) is -0.860. The Bertz CT molecular complexity index is 1300. The van der Waals surface area contributed by atoms with E-state index in [1.165, 1.54) is 12.1 Å². The molecule has 0 saturated carbocycles. The van der Waals surface area contributed by atoms with Gasteiger partial charge in [-0.25, -0.2) is 4.79 Å². The number of rotatable bonds is 8. The van der Waals surface area contributed by atoms with Crippen molar-refractivity contribution in [2.45, 2.75) is 34.2 Å². The van der Waals surface area contributed by atoms with Crippen molar-refractivity contribution >= 4 is 56.7 Å². The summed E-state index contributed by atoms with van der Waals surface area (Å²) in [5, 5.41) is 2.52. The van der Waals surface area contributed by atoms with Crippen molar-refractivity contribution in [1.29, 1.82) is 0 Å². The molecule has 0 radical (unpaired) electrons. The third-order valence-corrected chi connectivity index (χ3v) is 7.14. The Morgan fingerprint density at radius 3 is 2.25 bits per heavy atom. The number of halogens is 3. The molecule has 0 heterocycles. The van der Waals surface area contributed by atoms with Gasteiger partial charge < -0.3 is 10.5 Å². The molecule has 2 atom stereocenters. The zero-order valence-corrected chi connectivity index (χ0v) is 22.5. The fourth-order valence-electron chi connectivity index (χ4n) is 3.45. The van der Waals surface area contributed by atoms with Crippen molar-refractivity contribution in [2.24, 2.45) is 5.73 Å². The maximum Gasteiger partial charge on any atom is 0.411 e. The van der Waals surface area contributed by atoms with Crippen molar-refractivity contribution in [3.05, 3.63) is 95.6 Å². The Hall–Kier alpha value is -2.33. The Balaban J connectivity index is 1.99. The van der Waals surface area contributed by atoms with E-state index in [4.69, 9.17) is 49.5 Å². The second-order valence-corrected chi connectivity index (χ2v) is 12.3. The number of amides is 1. The minimum atomic E-state index is -4.23. The summed E-state index contributed by atoms with van der Waals surface area (Å²) in [5.74, 6) is 0. The van der Waals surface area contributed by atoms with Gasteiger partial charge in [-0.15, -0.1) is 0 Å². The second kappa shape index (κ2) is 11.4. The molecule has 3 aromatic carbocycles. The van der Waals surface area contributed by atoms with Crippen LogP contribution in [0.25, 0.3) is 0 Å². The maximum atomic E-state index is 13.3. The lowest BCUT2D eigenvalue weighted by Gasteiger charge is -2.35. The van der Waals surface area contributed by atoms with Gasteiger partial charge in [0.1, 0.15) is 12.2 Å². The smallest absolute Gasteiger partial charge is 0.411 e. The average Bonchev–Trinajstić information content (AvgIpc) is 2.82. The van der Waals surface area contributed by atoms with Crippen LogP contribution in [0.2, 0.25) is 0 Å². The van der Waals surface area contributed by atoms with E-state index in [2.05, 4.69) is 5.32 Å². The van der Waals surface area contributed by atoms with Crippen LogP contribution in [0.15, 0.2) is 83.8 Å². The van der Waals surface area contributed by atoms with Gasteiger partial charge in [-0.3, -0.25) is 9.50 Å². The number of alkyl halides is 3. The van der Waals surface area contributed by atoms with E-state index < -0.39 is 38.3 Å². The van der Waals surface area contributed by atoms with Crippen molar-refractivity contribution in [2.75, 3.05) is 11.9 Å². The molecule has 0 saturated heterocycles. The van der Waals surface area contributed by atoms with Gasteiger partial charge in [-0.2, -0.15) is 8.42 Å². The third-order valence-electron chi connectivity index (χ3n) is 5.39. The SMILES string of the molecule is Cc1ccc(S(=O)(=O)OC(C)(c2cccc(NC(=O)OCC(Cl)(Cl)Cl)c2)C(N)c2ccccc2)cc1. The van der Waals surface area contributed by atoms with Gasteiger partial charge in [0, 0.05) is 5.69 Å². The normalized spacial score (nSPS) is 14.5. The predicted molar refractivity (Wildman–Crippen MR) is 142 cm³/mol. The molecule has 11 heteroatoms. The minimum absolute atomic E-state index is 0.0100. The van der Waals surface area contributed by atoms with Crippen molar-refractivity contribution in [1.82, 2.24) is 0 Å². The monoisotopic (exact) mass is 570 g/mol. The molecule has 0 fully saturated rings. The van der Waals surface area contributed by atoms with Crippen LogP contribution in [0.5, 0.6) is 0 Å². The largest absolute Gasteiger partial charge is 0.445 e. The van der Waals surface area contributed by atoms with Crippen molar-refractivity contribution in [3.8, 4) is 0 Å². The highest BCUT2D eigenvalue weighted by Crippen LogP contribution is 2.40. The van der Waals surface area contributed by atoms with Gasteiger partial charge >= 0.3 is 6.09 Å². The zero-order valence-electron chi connectivity index (χ0n) is 19.5. The lowest BCUT2D eigenvalue weighted by atomic mass is 9.84. The van der Waals surface area contributed by atoms with E-state index in [-0.39, 0.29) is 4.90 Å². The third kappa shape index (κ3) is 7.35. The number of nitrogens with one attached hydrogen (secondary N) is 1. The molecule has 2 unspecified atom stereocenters. The first kappa shape index (κ1) is 28.2. The van der Waals surface area contributed by atoms with Crippen LogP contribution in [-0.2, 0) is 24.6 Å². The highest BCUT2D eigenvalue weighted by molar-refractivity contribution is 7.86. The van der Waals surface area contributed by atoms with E-state index in [9.17, 15) is 13.2 Å². The van der Waals surface area contributed by atoms with Crippen LogP contribution in [-0.4, -0.2) is 24.9 Å². The minimum Gasteiger partial charge on any atom is -0.445 e. The highest BCUT2D eigenvalue weighted by atomic mass is 35.6. The molecule has 3 rings (SSSR count). The van der Waals surface area contributed by atoms with Crippen LogP contribution >= 0.6 is 34.8 Å². The molecule has 0 aromatic heterocycles. The van der Waals surface area contributed by atoms with Gasteiger partial charge in [-0.05, 0) is 49.2 Å². The summed E-state index contributed by atoms with van der Waals surface area (Å²) < 4.78 is 35.6. The average molecular weight is 572 g/mol. The van der Waals surface area contributed by atoms with Crippen LogP contribution in [0.4, 0.5) is 10.5 Å². The summed E-state index contributed by atoms with van der Waals surface area (Å²) in [4.78, 5) is 12.1. The van der Waals surface area contributed by atoms with Crippen LogP contribution in [0.1, 0.15) is 29.7 Å². The maximum absolute atomic E-state index is 13.3. The molecule has 0 aliphatic rings. The molecule has 3 N–H and O–H groups in total. The van der Waals surface area contributed by atoms with Gasteiger partial charge in [0.05, 0.1) is 10.9 Å². The van der Waals surface area contributed by atoms with E-state index in [0.717, 1.165) is 5.56 Å². The number of carbonyl (C=O) groups is 1. The van der Waals surface area contributed by atoms with Gasteiger partial charge in [-0.1, -0.05) is 95.0 Å². The number of carbonyl (C=O) groups excluding carboxylic acids is 1. The summed E-state index contributed by atoms with van der Waals surface area (Å²) >= 11 is 16.9. The fourth-order valence-corrected chi connectivity index (χ4v) is 4.83. The van der Waals surface area contributed by atoms with Crippen LogP contribution in [0.3, 0.4) is 0 Å². The Morgan fingerprint density at radius 1 is 1.00 bits per heavy atom. The Kier molecular flexibility index (Phi) is 8.93. The number of aryl methyl sites for hydroxylation is 1. The number of nitrogens with two attached hydrogens (primary N) is 1. The van der Waals surface area contributed by atoms with E-state index in [1.807, 2.05) is 13.0 Å². The molecule has 0 spiro atoms. The number of anilines is 1. The quantitative estimate of drug-likeness (QED) is 0.245. The first-order chi connectivity index (χ1) is 16.8. The molecule has 0 aliphatic heterocycles. The van der Waals surface area contributed by atoms with Gasteiger partial charge in [0.15, 0.2) is 0 Å². The Morgan fingerprint density at radius 2 is 1.64 bits per heavy atom. The van der Waals surface area contributed by atoms with E-state index in [1.54, 1.807) is 67.6 Å². The number of hydrogen-bond donors (Lipinski definition) is 2. The predicted octanol–water partition coefficient (Wildman–Crippen LogP) is 6.23. The van der Waals surface area contributed by atoms with Gasteiger partial charge in [0.25, 0.3) is 10.1 Å². The summed E-state index contributed by atoms with van der Waals surface area (Å²) in [6, 6.07) is 20.8. The van der Waals surface area contributed by atoms with E-state index >= 15 is 0 Å². The molecule has 7 nitrogen and oxygen atoms in total. The number of ether oxygens (including phenoxy) is 1. The number of hydrogen-bond acceptors (Lipinski definition) is 6. The Labute approximate surface area is 225 Å². The second-order valence-electron chi connectivity index (χ2n) is 8.24. The molecule has 3 aromatic rings.